The highest BCUT2D eigenvalue weighted by molar-refractivity contribution is 7.89. The Morgan fingerprint density at radius 3 is 2.39 bits per heavy atom. The molecule has 0 saturated heterocycles. The van der Waals surface area contributed by atoms with Crippen molar-refractivity contribution in [1.29, 1.82) is 0 Å². The molecule has 0 atom stereocenters. The minimum Gasteiger partial charge on any atom is -0.322 e. The van der Waals surface area contributed by atoms with Gasteiger partial charge in [-0.15, -0.1) is 0 Å². The summed E-state index contributed by atoms with van der Waals surface area (Å²) in [6.07, 6.45) is 0. The Balaban J connectivity index is 2.15. The lowest BCUT2D eigenvalue weighted by molar-refractivity contribution is 0.102. The van der Waals surface area contributed by atoms with Crippen LogP contribution in [0.2, 0.25) is 5.02 Å². The average Bonchev–Trinajstić information content (AvgIpc) is 2.51. The van der Waals surface area contributed by atoms with Crippen LogP contribution in [0.15, 0.2) is 47.4 Å². The van der Waals surface area contributed by atoms with Gasteiger partial charge >= 0.3 is 0 Å². The Morgan fingerprint density at radius 2 is 1.83 bits per heavy atom. The first kappa shape index (κ1) is 17.4. The van der Waals surface area contributed by atoms with Gasteiger partial charge in [0.15, 0.2) is 0 Å². The molecule has 0 bridgehead atoms. The lowest BCUT2D eigenvalue weighted by atomic mass is 10.2. The Morgan fingerprint density at radius 1 is 1.17 bits per heavy atom. The number of rotatable bonds is 5. The fourth-order valence-corrected chi connectivity index (χ4v) is 3.06. The summed E-state index contributed by atoms with van der Waals surface area (Å²) in [7, 11) is -3.56. The highest BCUT2D eigenvalue weighted by Gasteiger charge is 2.14. The number of carbonyl (C=O) groups is 1. The van der Waals surface area contributed by atoms with Crippen molar-refractivity contribution >= 4 is 33.2 Å². The highest BCUT2D eigenvalue weighted by atomic mass is 35.5. The zero-order chi connectivity index (χ0) is 17.0. The van der Waals surface area contributed by atoms with Gasteiger partial charge in [0.05, 0.1) is 9.92 Å². The van der Waals surface area contributed by atoms with E-state index in [1.54, 1.807) is 6.92 Å². The largest absolute Gasteiger partial charge is 0.322 e. The fraction of sp³-hybridized carbons (Fsp3) is 0.133. The number of hydrogen-bond donors (Lipinski definition) is 2. The molecule has 5 nitrogen and oxygen atoms in total. The van der Waals surface area contributed by atoms with Crippen LogP contribution in [-0.4, -0.2) is 20.9 Å². The van der Waals surface area contributed by atoms with Crippen LogP contribution in [0.3, 0.4) is 0 Å². The summed E-state index contributed by atoms with van der Waals surface area (Å²) in [6.45, 7) is 1.95. The molecule has 1 amide bonds. The third-order valence-corrected chi connectivity index (χ3v) is 4.79. The molecule has 0 heterocycles. The van der Waals surface area contributed by atoms with Gasteiger partial charge in [0.2, 0.25) is 10.0 Å². The highest BCUT2D eigenvalue weighted by Crippen LogP contribution is 2.20. The zero-order valence-corrected chi connectivity index (χ0v) is 13.7. The lowest BCUT2D eigenvalue weighted by Gasteiger charge is -2.08. The van der Waals surface area contributed by atoms with E-state index in [0.717, 1.165) is 6.07 Å². The van der Waals surface area contributed by atoms with Gasteiger partial charge in [0, 0.05) is 17.8 Å². The predicted octanol–water partition coefficient (Wildman–Crippen LogP) is 3.03. The maximum atomic E-state index is 13.1. The number of halogens is 2. The summed E-state index contributed by atoms with van der Waals surface area (Å²) < 4.78 is 39.1. The van der Waals surface area contributed by atoms with Gasteiger partial charge in [-0.3, -0.25) is 4.79 Å². The summed E-state index contributed by atoms with van der Waals surface area (Å²) in [5, 5.41) is 2.45. The van der Waals surface area contributed by atoms with Crippen LogP contribution >= 0.6 is 11.6 Å². The van der Waals surface area contributed by atoms with Gasteiger partial charge in [0.25, 0.3) is 5.91 Å². The van der Waals surface area contributed by atoms with E-state index in [1.807, 2.05) is 0 Å². The second-order valence-corrected chi connectivity index (χ2v) is 6.78. The monoisotopic (exact) mass is 356 g/mol. The minimum atomic E-state index is -3.56. The molecule has 0 unspecified atom stereocenters. The average molecular weight is 357 g/mol. The topological polar surface area (TPSA) is 75.3 Å². The molecule has 2 rings (SSSR count). The van der Waals surface area contributed by atoms with Crippen LogP contribution in [0.4, 0.5) is 10.1 Å². The van der Waals surface area contributed by atoms with Crippen molar-refractivity contribution in [3.05, 3.63) is 58.9 Å². The molecular weight excluding hydrogens is 343 g/mol. The van der Waals surface area contributed by atoms with Crippen LogP contribution in [0.1, 0.15) is 17.3 Å². The third-order valence-electron chi connectivity index (χ3n) is 2.94. The molecule has 0 fully saturated rings. The van der Waals surface area contributed by atoms with Gasteiger partial charge in [0.1, 0.15) is 5.82 Å². The van der Waals surface area contributed by atoms with Gasteiger partial charge in [-0.25, -0.2) is 17.5 Å². The second-order valence-electron chi connectivity index (χ2n) is 4.61. The smallest absolute Gasteiger partial charge is 0.255 e. The first-order chi connectivity index (χ1) is 10.8. The molecule has 2 aromatic carbocycles. The molecule has 2 N–H and O–H groups in total. The van der Waals surface area contributed by atoms with E-state index in [2.05, 4.69) is 10.0 Å². The summed E-state index contributed by atoms with van der Waals surface area (Å²) in [4.78, 5) is 12.2. The molecular formula is C15H14ClFN2O3S. The van der Waals surface area contributed by atoms with E-state index < -0.39 is 21.7 Å². The van der Waals surface area contributed by atoms with Crippen LogP contribution in [0.25, 0.3) is 0 Å². The molecule has 122 valence electrons. The maximum absolute atomic E-state index is 13.1. The van der Waals surface area contributed by atoms with Crippen molar-refractivity contribution in [2.24, 2.45) is 0 Å². The third kappa shape index (κ3) is 4.28. The number of nitrogens with one attached hydrogen (secondary N) is 2. The summed E-state index contributed by atoms with van der Waals surface area (Å²) >= 11 is 5.64. The molecule has 2 aromatic rings. The summed E-state index contributed by atoms with van der Waals surface area (Å²) in [6, 6.07) is 9.27. The fourth-order valence-electron chi connectivity index (χ4n) is 1.84. The van der Waals surface area contributed by atoms with Crippen molar-refractivity contribution < 1.29 is 17.6 Å². The van der Waals surface area contributed by atoms with Crippen LogP contribution in [-0.2, 0) is 10.0 Å². The quantitative estimate of drug-likeness (QED) is 0.864. The number of benzene rings is 2. The number of hydrogen-bond acceptors (Lipinski definition) is 3. The number of amides is 1. The molecule has 23 heavy (non-hydrogen) atoms. The van der Waals surface area contributed by atoms with E-state index >= 15 is 0 Å². The predicted molar refractivity (Wildman–Crippen MR) is 86.7 cm³/mol. The molecule has 0 aliphatic rings. The Kier molecular flexibility index (Phi) is 5.35. The Hall–Kier alpha value is -1.96. The van der Waals surface area contributed by atoms with Crippen molar-refractivity contribution in [2.45, 2.75) is 11.8 Å². The van der Waals surface area contributed by atoms with Crippen LogP contribution < -0.4 is 10.0 Å². The van der Waals surface area contributed by atoms with Crippen molar-refractivity contribution in [3.8, 4) is 0 Å². The second kappa shape index (κ2) is 7.08. The SMILES string of the molecule is CCNS(=O)(=O)c1ccc(C(=O)Nc2ccc(F)c(Cl)c2)cc1. The first-order valence-corrected chi connectivity index (χ1v) is 8.55. The van der Waals surface area contributed by atoms with Gasteiger partial charge in [-0.2, -0.15) is 0 Å². The summed E-state index contributed by atoms with van der Waals surface area (Å²) in [5.41, 5.74) is 0.603. The minimum absolute atomic E-state index is 0.0701. The number of carbonyl (C=O) groups excluding carboxylic acids is 1. The Labute approximate surface area is 138 Å². The van der Waals surface area contributed by atoms with E-state index in [9.17, 15) is 17.6 Å². The first-order valence-electron chi connectivity index (χ1n) is 6.69. The van der Waals surface area contributed by atoms with Crippen molar-refractivity contribution in [3.63, 3.8) is 0 Å². The number of sulfonamides is 1. The zero-order valence-electron chi connectivity index (χ0n) is 12.1. The van der Waals surface area contributed by atoms with Crippen LogP contribution in [0, 0.1) is 5.82 Å². The van der Waals surface area contributed by atoms with Crippen molar-refractivity contribution in [2.75, 3.05) is 11.9 Å². The normalized spacial score (nSPS) is 11.3. The van der Waals surface area contributed by atoms with E-state index in [4.69, 9.17) is 11.6 Å². The molecule has 0 saturated carbocycles. The molecule has 0 aliphatic heterocycles. The van der Waals surface area contributed by atoms with E-state index in [-0.39, 0.29) is 22.0 Å². The van der Waals surface area contributed by atoms with Crippen LogP contribution in [0.5, 0.6) is 0 Å². The maximum Gasteiger partial charge on any atom is 0.255 e. The van der Waals surface area contributed by atoms with E-state index in [1.165, 1.54) is 36.4 Å². The van der Waals surface area contributed by atoms with Crippen molar-refractivity contribution in [1.82, 2.24) is 4.72 Å². The molecule has 0 spiro atoms. The van der Waals surface area contributed by atoms with Gasteiger partial charge in [-0.05, 0) is 42.5 Å². The molecule has 0 aliphatic carbocycles. The summed E-state index contributed by atoms with van der Waals surface area (Å²) in [5.74, 6) is -1.04. The standard InChI is InChI=1S/C15H14ClFN2O3S/c1-2-18-23(21,22)12-6-3-10(4-7-12)15(20)19-11-5-8-14(17)13(16)9-11/h3-9,18H,2H2,1H3,(H,19,20). The molecule has 8 heteroatoms. The Bertz CT molecular complexity index is 823. The molecule has 0 aromatic heterocycles. The van der Waals surface area contributed by atoms with E-state index in [0.29, 0.717) is 5.69 Å². The molecule has 0 radical (unpaired) electrons. The van der Waals surface area contributed by atoms with Gasteiger partial charge < -0.3 is 5.32 Å². The van der Waals surface area contributed by atoms with Gasteiger partial charge in [-0.1, -0.05) is 18.5 Å². The number of anilines is 1. The lowest BCUT2D eigenvalue weighted by Crippen LogP contribution is -2.23.